The molecule has 0 aliphatic rings. The highest BCUT2D eigenvalue weighted by molar-refractivity contribution is 9.10. The van der Waals surface area contributed by atoms with Crippen molar-refractivity contribution in [2.45, 2.75) is 13.3 Å². The highest BCUT2D eigenvalue weighted by Crippen LogP contribution is 2.30. The smallest absolute Gasteiger partial charge is 0.153 e. The molecule has 2 nitrogen and oxygen atoms in total. The lowest BCUT2D eigenvalue weighted by atomic mass is 10.1. The lowest BCUT2D eigenvalue weighted by molar-refractivity contribution is 0.112. The van der Waals surface area contributed by atoms with Crippen molar-refractivity contribution in [1.29, 1.82) is 0 Å². The first kappa shape index (κ1) is 12.8. The van der Waals surface area contributed by atoms with Crippen LogP contribution in [-0.4, -0.2) is 6.29 Å². The van der Waals surface area contributed by atoms with E-state index < -0.39 is 0 Å². The van der Waals surface area contributed by atoms with E-state index in [1.54, 1.807) is 12.1 Å². The molecule has 92 valence electrons. The summed E-state index contributed by atoms with van der Waals surface area (Å²) in [7, 11) is 0. The molecule has 2 aromatic carbocycles. The van der Waals surface area contributed by atoms with Crippen molar-refractivity contribution < 1.29 is 9.53 Å². The van der Waals surface area contributed by atoms with E-state index >= 15 is 0 Å². The molecule has 3 heteroatoms. The van der Waals surface area contributed by atoms with Crippen LogP contribution in [0, 0.1) is 0 Å². The summed E-state index contributed by atoms with van der Waals surface area (Å²) in [5.74, 6) is 1.36. The fraction of sp³-hybridized carbons (Fsp3) is 0.133. The maximum absolute atomic E-state index is 11.0. The molecule has 0 saturated carbocycles. The lowest BCUT2D eigenvalue weighted by Gasteiger charge is -2.11. The third-order valence-corrected chi connectivity index (χ3v) is 3.17. The van der Waals surface area contributed by atoms with Crippen molar-refractivity contribution in [2.75, 3.05) is 0 Å². The normalized spacial score (nSPS) is 10.1. The summed E-state index contributed by atoms with van der Waals surface area (Å²) in [4.78, 5) is 11.0. The molecule has 0 unspecified atom stereocenters. The quantitative estimate of drug-likeness (QED) is 0.771. The van der Waals surface area contributed by atoms with Crippen molar-refractivity contribution in [1.82, 2.24) is 0 Å². The van der Waals surface area contributed by atoms with Gasteiger partial charge in [-0.25, -0.2) is 0 Å². The van der Waals surface area contributed by atoms with E-state index in [2.05, 4.69) is 22.9 Å². The molecular formula is C15H13BrO2. The van der Waals surface area contributed by atoms with Gasteiger partial charge in [0.25, 0.3) is 0 Å². The Kier molecular flexibility index (Phi) is 4.15. The standard InChI is InChI=1S/C15H13BrO2/c1-2-11-5-3-4-6-14(11)18-15-9-13(16)8-7-12(15)10-17/h3-10H,2H2,1H3. The maximum atomic E-state index is 11.0. The number of hydrogen-bond acceptors (Lipinski definition) is 2. The molecule has 0 N–H and O–H groups in total. The Balaban J connectivity index is 2.39. The van der Waals surface area contributed by atoms with Crippen LogP contribution in [0.1, 0.15) is 22.8 Å². The third-order valence-electron chi connectivity index (χ3n) is 2.68. The van der Waals surface area contributed by atoms with Crippen LogP contribution in [0.4, 0.5) is 0 Å². The number of aldehydes is 1. The molecule has 0 aliphatic carbocycles. The number of para-hydroxylation sites is 1. The average Bonchev–Trinajstić information content (AvgIpc) is 2.40. The van der Waals surface area contributed by atoms with Gasteiger partial charge in [-0.05, 0) is 36.2 Å². The Hall–Kier alpha value is -1.61. The van der Waals surface area contributed by atoms with Crippen LogP contribution in [0.3, 0.4) is 0 Å². The van der Waals surface area contributed by atoms with Gasteiger partial charge in [0.1, 0.15) is 11.5 Å². The van der Waals surface area contributed by atoms with E-state index in [1.165, 1.54) is 0 Å². The predicted molar refractivity (Wildman–Crippen MR) is 75.4 cm³/mol. The largest absolute Gasteiger partial charge is 0.456 e. The topological polar surface area (TPSA) is 26.3 Å². The van der Waals surface area contributed by atoms with E-state index in [1.807, 2.05) is 30.3 Å². The zero-order valence-corrected chi connectivity index (χ0v) is 11.6. The number of carbonyl (C=O) groups is 1. The maximum Gasteiger partial charge on any atom is 0.153 e. The number of benzene rings is 2. The lowest BCUT2D eigenvalue weighted by Crippen LogP contribution is -1.93. The minimum atomic E-state index is 0.545. The Morgan fingerprint density at radius 3 is 2.67 bits per heavy atom. The van der Waals surface area contributed by atoms with E-state index in [9.17, 15) is 4.79 Å². The molecule has 0 aromatic heterocycles. The summed E-state index contributed by atoms with van der Waals surface area (Å²) in [6, 6.07) is 13.2. The van der Waals surface area contributed by atoms with Gasteiger partial charge in [0.05, 0.1) is 5.56 Å². The molecule has 0 bridgehead atoms. The summed E-state index contributed by atoms with van der Waals surface area (Å²) < 4.78 is 6.73. The minimum absolute atomic E-state index is 0.545. The first-order chi connectivity index (χ1) is 8.74. The molecule has 0 heterocycles. The Morgan fingerprint density at radius 1 is 1.17 bits per heavy atom. The van der Waals surface area contributed by atoms with Gasteiger partial charge < -0.3 is 4.74 Å². The van der Waals surface area contributed by atoms with Crippen molar-refractivity contribution in [2.24, 2.45) is 0 Å². The van der Waals surface area contributed by atoms with Gasteiger partial charge in [-0.2, -0.15) is 0 Å². The summed E-state index contributed by atoms with van der Waals surface area (Å²) in [6.45, 7) is 2.07. The number of aryl methyl sites for hydroxylation is 1. The first-order valence-corrected chi connectivity index (χ1v) is 6.54. The summed E-state index contributed by atoms with van der Waals surface area (Å²) in [5.41, 5.74) is 1.67. The molecule has 0 aliphatic heterocycles. The van der Waals surface area contributed by atoms with E-state index in [-0.39, 0.29) is 0 Å². The molecule has 18 heavy (non-hydrogen) atoms. The van der Waals surface area contributed by atoms with Gasteiger partial charge >= 0.3 is 0 Å². The summed E-state index contributed by atoms with van der Waals surface area (Å²) in [5, 5.41) is 0. The highest BCUT2D eigenvalue weighted by atomic mass is 79.9. The summed E-state index contributed by atoms with van der Waals surface area (Å²) >= 11 is 3.38. The second-order valence-corrected chi connectivity index (χ2v) is 4.78. The SMILES string of the molecule is CCc1ccccc1Oc1cc(Br)ccc1C=O. The highest BCUT2D eigenvalue weighted by Gasteiger charge is 2.07. The number of ether oxygens (including phenoxy) is 1. The van der Waals surface area contributed by atoms with Crippen LogP contribution in [-0.2, 0) is 6.42 Å². The number of hydrogen-bond donors (Lipinski definition) is 0. The second kappa shape index (κ2) is 5.83. The third kappa shape index (κ3) is 2.79. The second-order valence-electron chi connectivity index (χ2n) is 3.86. The molecule has 0 saturated heterocycles. The molecule has 0 amide bonds. The van der Waals surface area contributed by atoms with Crippen LogP contribution in [0.15, 0.2) is 46.9 Å². The van der Waals surface area contributed by atoms with E-state index in [4.69, 9.17) is 4.74 Å². The van der Waals surface area contributed by atoms with Crippen LogP contribution < -0.4 is 4.74 Å². The molecule has 0 spiro atoms. The predicted octanol–water partition coefficient (Wildman–Crippen LogP) is 4.62. The molecule has 0 radical (unpaired) electrons. The van der Waals surface area contributed by atoms with Crippen molar-refractivity contribution in [3.05, 3.63) is 58.1 Å². The number of halogens is 1. The van der Waals surface area contributed by atoms with Gasteiger partial charge in [-0.3, -0.25) is 4.79 Å². The number of carbonyl (C=O) groups excluding carboxylic acids is 1. The summed E-state index contributed by atoms with van der Waals surface area (Å²) in [6.07, 6.45) is 1.69. The first-order valence-electron chi connectivity index (χ1n) is 5.75. The zero-order chi connectivity index (χ0) is 13.0. The monoisotopic (exact) mass is 304 g/mol. The molecule has 2 rings (SSSR count). The van der Waals surface area contributed by atoms with Gasteiger partial charge in [0.15, 0.2) is 6.29 Å². The fourth-order valence-corrected chi connectivity index (χ4v) is 2.05. The van der Waals surface area contributed by atoms with E-state index in [0.717, 1.165) is 28.5 Å². The van der Waals surface area contributed by atoms with Crippen LogP contribution in [0.5, 0.6) is 11.5 Å². The van der Waals surface area contributed by atoms with Gasteiger partial charge in [-0.15, -0.1) is 0 Å². The zero-order valence-electron chi connectivity index (χ0n) is 10.0. The minimum Gasteiger partial charge on any atom is -0.456 e. The molecule has 0 fully saturated rings. The van der Waals surface area contributed by atoms with Crippen LogP contribution in [0.25, 0.3) is 0 Å². The molecule has 2 aromatic rings. The Bertz CT molecular complexity index is 564. The molecular weight excluding hydrogens is 292 g/mol. The van der Waals surface area contributed by atoms with Gasteiger partial charge in [0, 0.05) is 4.47 Å². The van der Waals surface area contributed by atoms with Gasteiger partial charge in [0.2, 0.25) is 0 Å². The van der Waals surface area contributed by atoms with Crippen LogP contribution >= 0.6 is 15.9 Å². The Labute approximate surface area is 115 Å². The number of rotatable bonds is 4. The van der Waals surface area contributed by atoms with Gasteiger partial charge in [-0.1, -0.05) is 41.1 Å². The van der Waals surface area contributed by atoms with Crippen molar-refractivity contribution in [3.63, 3.8) is 0 Å². The van der Waals surface area contributed by atoms with Crippen molar-refractivity contribution >= 4 is 22.2 Å². The molecule has 0 atom stereocenters. The Morgan fingerprint density at radius 2 is 1.94 bits per heavy atom. The van der Waals surface area contributed by atoms with Crippen molar-refractivity contribution in [3.8, 4) is 11.5 Å². The van der Waals surface area contributed by atoms with E-state index in [0.29, 0.717) is 11.3 Å². The fourth-order valence-electron chi connectivity index (χ4n) is 1.71. The van der Waals surface area contributed by atoms with Crippen LogP contribution in [0.2, 0.25) is 0 Å². The average molecular weight is 305 g/mol.